The van der Waals surface area contributed by atoms with Crippen LogP contribution in [0.3, 0.4) is 0 Å². The van der Waals surface area contributed by atoms with Gasteiger partial charge in [-0.3, -0.25) is 9.78 Å². The molecule has 7 nitrogen and oxygen atoms in total. The van der Waals surface area contributed by atoms with Crippen molar-refractivity contribution >= 4 is 23.0 Å². The number of nitrogens with one attached hydrogen (secondary N) is 1. The lowest BCUT2D eigenvalue weighted by Crippen LogP contribution is -2.24. The first-order chi connectivity index (χ1) is 16.2. The number of para-hydroxylation sites is 2. The van der Waals surface area contributed by atoms with E-state index in [1.807, 2.05) is 60.7 Å². The highest BCUT2D eigenvalue weighted by molar-refractivity contribution is 5.86. The van der Waals surface area contributed by atoms with Crippen molar-refractivity contribution in [3.05, 3.63) is 102 Å². The fourth-order valence-corrected chi connectivity index (χ4v) is 3.17. The smallest absolute Gasteiger partial charge is 0.277 e. The molecule has 1 aromatic heterocycles. The number of nitriles is 1. The highest BCUT2D eigenvalue weighted by atomic mass is 16.5. The average molecular weight is 436 g/mol. The number of pyridine rings is 1. The Labute approximate surface area is 190 Å². The zero-order chi connectivity index (χ0) is 22.9. The molecule has 0 saturated carbocycles. The van der Waals surface area contributed by atoms with E-state index in [-0.39, 0.29) is 13.2 Å². The summed E-state index contributed by atoms with van der Waals surface area (Å²) >= 11 is 0. The van der Waals surface area contributed by atoms with Crippen LogP contribution in [0.2, 0.25) is 0 Å². The Hall–Kier alpha value is -4.70. The minimum Gasteiger partial charge on any atom is -0.488 e. The summed E-state index contributed by atoms with van der Waals surface area (Å²) in [5.41, 5.74) is 5.20. The molecule has 33 heavy (non-hydrogen) atoms. The second kappa shape index (κ2) is 10.6. The highest BCUT2D eigenvalue weighted by Crippen LogP contribution is 2.23. The van der Waals surface area contributed by atoms with Crippen LogP contribution >= 0.6 is 0 Å². The second-order valence-electron chi connectivity index (χ2n) is 7.01. The molecule has 0 atom stereocenters. The van der Waals surface area contributed by atoms with Gasteiger partial charge in [0, 0.05) is 22.7 Å². The molecule has 162 valence electrons. The molecule has 0 fully saturated rings. The van der Waals surface area contributed by atoms with Crippen LogP contribution in [-0.4, -0.2) is 23.7 Å². The number of amides is 1. The molecule has 0 aliphatic rings. The molecule has 0 saturated heterocycles. The maximum atomic E-state index is 12.2. The van der Waals surface area contributed by atoms with E-state index < -0.39 is 5.91 Å². The first-order valence-corrected chi connectivity index (χ1v) is 10.2. The Kier molecular flexibility index (Phi) is 6.88. The van der Waals surface area contributed by atoms with Crippen molar-refractivity contribution in [2.75, 3.05) is 6.61 Å². The lowest BCUT2D eigenvalue weighted by atomic mass is 10.1. The number of nitrogens with zero attached hydrogens (tertiary/aromatic N) is 3. The number of hydrogen-bond acceptors (Lipinski definition) is 6. The van der Waals surface area contributed by atoms with Crippen molar-refractivity contribution in [2.24, 2.45) is 5.10 Å². The second-order valence-corrected chi connectivity index (χ2v) is 7.01. The number of carbonyl (C=O) groups is 1. The van der Waals surface area contributed by atoms with Crippen molar-refractivity contribution in [3.63, 3.8) is 0 Å². The van der Waals surface area contributed by atoms with Crippen LogP contribution in [0.5, 0.6) is 11.5 Å². The third-order valence-corrected chi connectivity index (χ3v) is 4.79. The lowest BCUT2D eigenvalue weighted by Gasteiger charge is -2.10. The van der Waals surface area contributed by atoms with Crippen molar-refractivity contribution in [1.82, 2.24) is 10.4 Å². The summed E-state index contributed by atoms with van der Waals surface area (Å²) in [6, 6.07) is 26.0. The minimum atomic E-state index is -0.402. The molecule has 7 heteroatoms. The van der Waals surface area contributed by atoms with Crippen LogP contribution in [-0.2, 0) is 11.4 Å². The molecular formula is C26H20N4O3. The van der Waals surface area contributed by atoms with E-state index in [2.05, 4.69) is 21.6 Å². The quantitative estimate of drug-likeness (QED) is 0.330. The normalized spacial score (nSPS) is 10.6. The van der Waals surface area contributed by atoms with Crippen molar-refractivity contribution in [3.8, 4) is 17.6 Å². The Bertz CT molecular complexity index is 1340. The molecule has 1 amide bonds. The predicted molar refractivity (Wildman–Crippen MR) is 125 cm³/mol. The van der Waals surface area contributed by atoms with Crippen LogP contribution in [0, 0.1) is 11.3 Å². The number of rotatable bonds is 8. The van der Waals surface area contributed by atoms with Crippen LogP contribution in [0.4, 0.5) is 0 Å². The highest BCUT2D eigenvalue weighted by Gasteiger charge is 2.07. The van der Waals surface area contributed by atoms with Gasteiger partial charge in [0.2, 0.25) is 0 Å². The lowest BCUT2D eigenvalue weighted by molar-refractivity contribution is -0.123. The van der Waals surface area contributed by atoms with Crippen LogP contribution in [0.1, 0.15) is 16.7 Å². The zero-order valence-electron chi connectivity index (χ0n) is 17.6. The first-order valence-electron chi connectivity index (χ1n) is 10.2. The minimum absolute atomic E-state index is 0.198. The number of aromatic nitrogens is 1. The fourth-order valence-electron chi connectivity index (χ4n) is 3.17. The zero-order valence-corrected chi connectivity index (χ0v) is 17.6. The summed E-state index contributed by atoms with van der Waals surface area (Å²) in [7, 11) is 0. The molecule has 0 spiro atoms. The van der Waals surface area contributed by atoms with Crippen molar-refractivity contribution in [1.29, 1.82) is 5.26 Å². The molecule has 0 bridgehead atoms. The summed E-state index contributed by atoms with van der Waals surface area (Å²) in [5.74, 6) is 0.713. The Morgan fingerprint density at radius 3 is 2.67 bits per heavy atom. The van der Waals surface area contributed by atoms with Crippen LogP contribution < -0.4 is 14.9 Å². The third kappa shape index (κ3) is 5.51. The van der Waals surface area contributed by atoms with Gasteiger partial charge in [0.15, 0.2) is 6.61 Å². The summed E-state index contributed by atoms with van der Waals surface area (Å²) in [4.78, 5) is 16.5. The van der Waals surface area contributed by atoms with Gasteiger partial charge in [-0.2, -0.15) is 10.4 Å². The predicted octanol–water partition coefficient (Wildman–Crippen LogP) is 4.21. The molecule has 1 heterocycles. The Balaban J connectivity index is 1.34. The standard InChI is InChI=1S/C26H20N4O3/c27-15-20-7-1-2-9-22(20)17-32-23-12-4-3-8-21(23)16-29-30-25(31)18-33-24-13-5-10-19-11-6-14-28-26(19)24/h1-14,16H,17-18H2,(H,30,31)/b29-16+. The SMILES string of the molecule is N#Cc1ccccc1COc1ccccc1/C=N/NC(=O)COc1cccc2cccnc12. The maximum Gasteiger partial charge on any atom is 0.277 e. The van der Waals surface area contributed by atoms with E-state index in [1.54, 1.807) is 24.4 Å². The van der Waals surface area contributed by atoms with E-state index in [0.717, 1.165) is 10.9 Å². The van der Waals surface area contributed by atoms with E-state index >= 15 is 0 Å². The fraction of sp³-hybridized carbons (Fsp3) is 0.0769. The van der Waals surface area contributed by atoms with Gasteiger partial charge in [-0.15, -0.1) is 0 Å². The number of ether oxygens (including phenoxy) is 2. The molecule has 0 aliphatic heterocycles. The maximum absolute atomic E-state index is 12.2. The van der Waals surface area contributed by atoms with Crippen molar-refractivity contribution in [2.45, 2.75) is 6.61 Å². The molecular weight excluding hydrogens is 416 g/mol. The van der Waals surface area contributed by atoms with Gasteiger partial charge in [0.1, 0.15) is 23.6 Å². The molecule has 0 aliphatic carbocycles. The Morgan fingerprint density at radius 1 is 0.970 bits per heavy atom. The summed E-state index contributed by atoms with van der Waals surface area (Å²) in [5, 5.41) is 14.2. The van der Waals surface area contributed by atoms with Gasteiger partial charge in [0.25, 0.3) is 5.91 Å². The number of fused-ring (bicyclic) bond motifs is 1. The van der Waals surface area contributed by atoms with Crippen LogP contribution in [0.15, 0.2) is 90.2 Å². The molecule has 0 unspecified atom stereocenters. The largest absolute Gasteiger partial charge is 0.488 e. The van der Waals surface area contributed by atoms with Crippen molar-refractivity contribution < 1.29 is 14.3 Å². The van der Waals surface area contributed by atoms with Gasteiger partial charge >= 0.3 is 0 Å². The van der Waals surface area contributed by atoms with E-state index in [1.165, 1.54) is 6.21 Å². The van der Waals surface area contributed by atoms with Crippen LogP contribution in [0.25, 0.3) is 10.9 Å². The third-order valence-electron chi connectivity index (χ3n) is 4.79. The van der Waals surface area contributed by atoms with Gasteiger partial charge in [0.05, 0.1) is 17.8 Å². The molecule has 0 radical (unpaired) electrons. The summed E-state index contributed by atoms with van der Waals surface area (Å²) in [6.07, 6.45) is 3.18. The number of hydrogen-bond donors (Lipinski definition) is 1. The first kappa shape index (κ1) is 21.5. The van der Waals surface area contributed by atoms with Gasteiger partial charge in [-0.25, -0.2) is 5.43 Å². The van der Waals surface area contributed by atoms with Gasteiger partial charge < -0.3 is 9.47 Å². The summed E-state index contributed by atoms with van der Waals surface area (Å²) in [6.45, 7) is 0.0456. The van der Waals surface area contributed by atoms with Gasteiger partial charge in [-0.1, -0.05) is 48.5 Å². The molecule has 4 rings (SSSR count). The molecule has 3 aromatic carbocycles. The molecule has 1 N–H and O–H groups in total. The Morgan fingerprint density at radius 2 is 1.76 bits per heavy atom. The molecule has 4 aromatic rings. The summed E-state index contributed by atoms with van der Waals surface area (Å²) < 4.78 is 11.5. The monoisotopic (exact) mass is 436 g/mol. The van der Waals surface area contributed by atoms with E-state index in [0.29, 0.717) is 28.1 Å². The number of hydrazone groups is 1. The van der Waals surface area contributed by atoms with E-state index in [4.69, 9.17) is 9.47 Å². The number of carbonyl (C=O) groups excluding carboxylic acids is 1. The van der Waals surface area contributed by atoms with E-state index in [9.17, 15) is 10.1 Å². The average Bonchev–Trinajstić information content (AvgIpc) is 2.87. The number of benzene rings is 3. The van der Waals surface area contributed by atoms with Gasteiger partial charge in [-0.05, 0) is 30.3 Å². The topological polar surface area (TPSA) is 96.6 Å².